The van der Waals surface area contributed by atoms with Gasteiger partial charge in [-0.05, 0) is 37.3 Å². The molecule has 1 aromatic carbocycles. The Morgan fingerprint density at radius 3 is 2.85 bits per heavy atom. The second-order valence-electron chi connectivity index (χ2n) is 5.83. The van der Waals surface area contributed by atoms with Crippen LogP contribution in [0.4, 0.5) is 10.1 Å². The van der Waals surface area contributed by atoms with Crippen molar-refractivity contribution < 1.29 is 13.9 Å². The molecule has 0 aliphatic heterocycles. The Labute approximate surface area is 149 Å². The van der Waals surface area contributed by atoms with Gasteiger partial charge in [0.05, 0.1) is 28.8 Å². The largest absolute Gasteiger partial charge is 0.383 e. The molecule has 0 spiro atoms. The average Bonchev–Trinajstić information content (AvgIpc) is 2.61. The molecule has 0 aliphatic carbocycles. The first-order valence-electron chi connectivity index (χ1n) is 8.06. The molecule has 1 N–H and O–H groups in total. The summed E-state index contributed by atoms with van der Waals surface area (Å²) in [6.45, 7) is 2.50. The number of anilines is 1. The van der Waals surface area contributed by atoms with Crippen LogP contribution in [-0.4, -0.2) is 29.2 Å². The monoisotopic (exact) mass is 355 g/mol. The van der Waals surface area contributed by atoms with Crippen LogP contribution in [0.1, 0.15) is 16.1 Å². The van der Waals surface area contributed by atoms with Gasteiger partial charge in [0, 0.05) is 25.5 Å². The summed E-state index contributed by atoms with van der Waals surface area (Å²) in [4.78, 5) is 29.5. The third kappa shape index (κ3) is 3.62. The van der Waals surface area contributed by atoms with E-state index in [4.69, 9.17) is 4.74 Å². The van der Waals surface area contributed by atoms with Gasteiger partial charge in [-0.2, -0.15) is 0 Å². The molecular weight excluding hydrogens is 337 g/mol. The number of pyridine rings is 2. The van der Waals surface area contributed by atoms with Gasteiger partial charge in [0.25, 0.3) is 11.5 Å². The maximum Gasteiger partial charge on any atom is 0.260 e. The van der Waals surface area contributed by atoms with E-state index in [-0.39, 0.29) is 11.1 Å². The Kier molecular flexibility index (Phi) is 5.09. The molecule has 2 aromatic heterocycles. The van der Waals surface area contributed by atoms with Crippen LogP contribution in [0.3, 0.4) is 0 Å². The number of methoxy groups -OCH3 is 1. The molecule has 7 heteroatoms. The Balaban J connectivity index is 1.99. The first kappa shape index (κ1) is 17.8. The molecule has 6 nitrogen and oxygen atoms in total. The van der Waals surface area contributed by atoms with E-state index >= 15 is 0 Å². The lowest BCUT2D eigenvalue weighted by atomic mass is 10.1. The summed E-state index contributed by atoms with van der Waals surface area (Å²) in [6.07, 6.45) is 1.66. The number of aromatic nitrogens is 2. The van der Waals surface area contributed by atoms with Gasteiger partial charge in [-0.3, -0.25) is 14.6 Å². The van der Waals surface area contributed by atoms with Crippen molar-refractivity contribution in [1.29, 1.82) is 0 Å². The summed E-state index contributed by atoms with van der Waals surface area (Å²) in [7, 11) is 1.56. The molecule has 0 bridgehead atoms. The second-order valence-corrected chi connectivity index (χ2v) is 5.83. The van der Waals surface area contributed by atoms with Crippen molar-refractivity contribution in [3.05, 3.63) is 70.0 Å². The number of hydrogen-bond acceptors (Lipinski definition) is 4. The number of hydrogen-bond donors (Lipinski definition) is 1. The summed E-state index contributed by atoms with van der Waals surface area (Å²) in [5, 5.41) is 2.97. The fourth-order valence-corrected chi connectivity index (χ4v) is 2.67. The molecule has 26 heavy (non-hydrogen) atoms. The van der Waals surface area contributed by atoms with Crippen molar-refractivity contribution >= 4 is 22.5 Å². The molecule has 0 aliphatic rings. The lowest BCUT2D eigenvalue weighted by Gasteiger charge is -2.10. The number of aryl methyl sites for hydroxylation is 1. The second kappa shape index (κ2) is 7.45. The van der Waals surface area contributed by atoms with Gasteiger partial charge in [-0.25, -0.2) is 4.39 Å². The molecule has 134 valence electrons. The van der Waals surface area contributed by atoms with Crippen LogP contribution >= 0.6 is 0 Å². The Morgan fingerprint density at radius 1 is 1.31 bits per heavy atom. The maximum atomic E-state index is 13.3. The number of halogens is 1. The molecule has 0 saturated heterocycles. The van der Waals surface area contributed by atoms with Crippen molar-refractivity contribution in [3.8, 4) is 0 Å². The maximum absolute atomic E-state index is 13.3. The number of amides is 1. The molecule has 0 atom stereocenters. The zero-order valence-electron chi connectivity index (χ0n) is 14.5. The number of carbonyl (C=O) groups excluding carboxylic acids is 1. The molecule has 3 rings (SSSR count). The lowest BCUT2D eigenvalue weighted by Crippen LogP contribution is -2.23. The quantitative estimate of drug-likeness (QED) is 0.764. The topological polar surface area (TPSA) is 73.2 Å². The number of rotatable bonds is 5. The van der Waals surface area contributed by atoms with Gasteiger partial charge < -0.3 is 14.6 Å². The number of nitrogens with zero attached hydrogens (tertiary/aromatic N) is 2. The van der Waals surface area contributed by atoms with Crippen LogP contribution < -0.4 is 10.9 Å². The minimum absolute atomic E-state index is 0.244. The number of nitrogens with one attached hydrogen (secondary N) is 1. The van der Waals surface area contributed by atoms with Gasteiger partial charge in [0.2, 0.25) is 0 Å². The van der Waals surface area contributed by atoms with Gasteiger partial charge in [-0.1, -0.05) is 6.07 Å². The Bertz CT molecular complexity index is 1030. The fourth-order valence-electron chi connectivity index (χ4n) is 2.67. The fraction of sp³-hybridized carbons (Fsp3) is 0.211. The number of benzene rings is 1. The lowest BCUT2D eigenvalue weighted by molar-refractivity contribution is 0.102. The molecule has 3 aromatic rings. The number of ether oxygens (including phenoxy) is 1. The van der Waals surface area contributed by atoms with Crippen molar-refractivity contribution in [1.82, 2.24) is 9.55 Å². The Morgan fingerprint density at radius 2 is 2.12 bits per heavy atom. The van der Waals surface area contributed by atoms with E-state index < -0.39 is 11.7 Å². The zero-order chi connectivity index (χ0) is 18.7. The van der Waals surface area contributed by atoms with Crippen LogP contribution in [0, 0.1) is 12.7 Å². The SMILES string of the molecule is COCCn1ccc2nc(C)c(C(=O)Nc3cccc(F)c3)cc2c1=O. The average molecular weight is 355 g/mol. The number of carbonyl (C=O) groups is 1. The van der Waals surface area contributed by atoms with E-state index in [9.17, 15) is 14.0 Å². The first-order chi connectivity index (χ1) is 12.5. The molecule has 1 amide bonds. The predicted molar refractivity (Wildman–Crippen MR) is 97.0 cm³/mol. The molecule has 0 unspecified atom stereocenters. The minimum Gasteiger partial charge on any atom is -0.383 e. The van der Waals surface area contributed by atoms with Crippen molar-refractivity contribution in [2.75, 3.05) is 19.0 Å². The van der Waals surface area contributed by atoms with E-state index in [2.05, 4.69) is 10.3 Å². The van der Waals surface area contributed by atoms with Crippen molar-refractivity contribution in [3.63, 3.8) is 0 Å². The zero-order valence-corrected chi connectivity index (χ0v) is 14.5. The van der Waals surface area contributed by atoms with Crippen LogP contribution in [-0.2, 0) is 11.3 Å². The van der Waals surface area contributed by atoms with Gasteiger partial charge in [-0.15, -0.1) is 0 Å². The van der Waals surface area contributed by atoms with Crippen molar-refractivity contribution in [2.24, 2.45) is 0 Å². The third-order valence-electron chi connectivity index (χ3n) is 4.01. The van der Waals surface area contributed by atoms with Crippen LogP contribution in [0.5, 0.6) is 0 Å². The highest BCUT2D eigenvalue weighted by atomic mass is 19.1. The summed E-state index contributed by atoms with van der Waals surface area (Å²) < 4.78 is 19.8. The normalized spacial score (nSPS) is 10.9. The highest BCUT2D eigenvalue weighted by Gasteiger charge is 2.14. The molecule has 0 fully saturated rings. The number of fused-ring (bicyclic) bond motifs is 1. The van der Waals surface area contributed by atoms with E-state index in [1.54, 1.807) is 32.4 Å². The molecule has 2 heterocycles. The first-order valence-corrected chi connectivity index (χ1v) is 8.06. The van der Waals surface area contributed by atoms with E-state index in [0.29, 0.717) is 35.4 Å². The Hall–Kier alpha value is -3.06. The summed E-state index contributed by atoms with van der Waals surface area (Å²) in [5.41, 5.74) is 1.36. The van der Waals surface area contributed by atoms with Gasteiger partial charge in [0.1, 0.15) is 5.82 Å². The van der Waals surface area contributed by atoms with E-state index in [0.717, 1.165) is 0 Å². The minimum atomic E-state index is -0.450. The molecule has 0 saturated carbocycles. The van der Waals surface area contributed by atoms with Crippen LogP contribution in [0.25, 0.3) is 10.9 Å². The standard InChI is InChI=1S/C19H18FN3O3/c1-12-15(18(24)22-14-5-3-4-13(20)10-14)11-16-17(21-12)6-7-23(19(16)25)8-9-26-2/h3-7,10-11H,8-9H2,1-2H3,(H,22,24). The smallest absolute Gasteiger partial charge is 0.260 e. The summed E-state index contributed by atoms with van der Waals surface area (Å²) in [5.74, 6) is -0.897. The predicted octanol–water partition coefficient (Wildman–Crippen LogP) is 2.74. The van der Waals surface area contributed by atoms with E-state index in [1.807, 2.05) is 0 Å². The highest BCUT2D eigenvalue weighted by molar-refractivity contribution is 6.06. The summed E-state index contributed by atoms with van der Waals surface area (Å²) >= 11 is 0. The van der Waals surface area contributed by atoms with Gasteiger partial charge in [0.15, 0.2) is 0 Å². The van der Waals surface area contributed by atoms with Gasteiger partial charge >= 0.3 is 0 Å². The van der Waals surface area contributed by atoms with E-state index in [1.165, 1.54) is 28.8 Å². The molecule has 0 radical (unpaired) electrons. The highest BCUT2D eigenvalue weighted by Crippen LogP contribution is 2.16. The van der Waals surface area contributed by atoms with Crippen molar-refractivity contribution in [2.45, 2.75) is 13.5 Å². The van der Waals surface area contributed by atoms with Crippen LogP contribution in [0.15, 0.2) is 47.4 Å². The van der Waals surface area contributed by atoms with Crippen LogP contribution in [0.2, 0.25) is 0 Å². The molecular formula is C19H18FN3O3. The summed E-state index contributed by atoms with van der Waals surface area (Å²) in [6, 6.07) is 8.86. The third-order valence-corrected chi connectivity index (χ3v) is 4.01.